The Kier molecular flexibility index (Phi) is 4.20. The Morgan fingerprint density at radius 2 is 2.16 bits per heavy atom. The van der Waals surface area contributed by atoms with Crippen molar-refractivity contribution in [2.45, 2.75) is 0 Å². The molecule has 1 heterocycles. The number of rotatable bonds is 2. The molecular weight excluding hydrogens is 330 g/mol. The molecule has 0 saturated heterocycles. The molecule has 4 nitrogen and oxygen atoms in total. The number of pyridine rings is 1. The highest BCUT2D eigenvalue weighted by atomic mass is 79.9. The summed E-state index contributed by atoms with van der Waals surface area (Å²) in [4.78, 5) is 4.23. The molecule has 0 aliphatic carbocycles. The van der Waals surface area contributed by atoms with Crippen LogP contribution in [0.15, 0.2) is 34.9 Å². The van der Waals surface area contributed by atoms with Gasteiger partial charge in [0.05, 0.1) is 11.8 Å². The van der Waals surface area contributed by atoms with E-state index in [1.807, 2.05) is 18.2 Å². The average molecular weight is 340 g/mol. The Bertz CT molecular complexity index is 775. The standard InChI is InChI=1S/C13H10BrNO3S/c1-19(16,17)18-8-2-3-10-6-7-15-13-5-4-11(14)9-12(10)13/h4-7,9H,8H2,1H3. The maximum Gasteiger partial charge on any atom is 0.265 e. The predicted molar refractivity (Wildman–Crippen MR) is 77.1 cm³/mol. The van der Waals surface area contributed by atoms with E-state index in [0.29, 0.717) is 0 Å². The summed E-state index contributed by atoms with van der Waals surface area (Å²) in [7, 11) is -3.45. The zero-order valence-corrected chi connectivity index (χ0v) is 12.5. The van der Waals surface area contributed by atoms with Crippen molar-refractivity contribution in [3.63, 3.8) is 0 Å². The van der Waals surface area contributed by atoms with E-state index >= 15 is 0 Å². The van der Waals surface area contributed by atoms with Gasteiger partial charge in [-0.1, -0.05) is 27.8 Å². The molecule has 0 aliphatic rings. The number of fused-ring (bicyclic) bond motifs is 1. The maximum atomic E-state index is 10.8. The van der Waals surface area contributed by atoms with E-state index in [9.17, 15) is 8.42 Å². The molecule has 0 spiro atoms. The molecule has 0 saturated carbocycles. The van der Waals surface area contributed by atoms with Crippen molar-refractivity contribution in [1.29, 1.82) is 0 Å². The molecule has 1 aromatic heterocycles. The Labute approximate surface area is 120 Å². The van der Waals surface area contributed by atoms with Gasteiger partial charge in [0, 0.05) is 21.6 Å². The third-order valence-corrected chi connectivity index (χ3v) is 3.31. The Hall–Kier alpha value is -1.42. The fraction of sp³-hybridized carbons (Fsp3) is 0.154. The van der Waals surface area contributed by atoms with Gasteiger partial charge in [-0.25, -0.2) is 0 Å². The molecule has 2 rings (SSSR count). The molecule has 0 fully saturated rings. The Balaban J connectivity index is 2.31. The summed E-state index contributed by atoms with van der Waals surface area (Å²) in [5, 5.41) is 0.906. The summed E-state index contributed by atoms with van der Waals surface area (Å²) in [6, 6.07) is 7.49. The minimum Gasteiger partial charge on any atom is -0.257 e. The van der Waals surface area contributed by atoms with Crippen LogP contribution in [-0.4, -0.2) is 26.3 Å². The monoisotopic (exact) mass is 339 g/mol. The van der Waals surface area contributed by atoms with Crippen LogP contribution >= 0.6 is 15.9 Å². The molecule has 0 radical (unpaired) electrons. The molecule has 0 unspecified atom stereocenters. The van der Waals surface area contributed by atoms with Gasteiger partial charge in [0.15, 0.2) is 0 Å². The first-order valence-corrected chi connectivity index (χ1v) is 7.94. The summed E-state index contributed by atoms with van der Waals surface area (Å²) in [5.74, 6) is 5.56. The highest BCUT2D eigenvalue weighted by Crippen LogP contribution is 2.20. The van der Waals surface area contributed by atoms with Gasteiger partial charge in [-0.15, -0.1) is 0 Å². The molecule has 0 atom stereocenters. The van der Waals surface area contributed by atoms with Crippen LogP contribution in [0, 0.1) is 11.8 Å². The minimum atomic E-state index is -3.45. The lowest BCUT2D eigenvalue weighted by Gasteiger charge is -2.00. The molecule has 6 heteroatoms. The molecule has 1 aromatic carbocycles. The van der Waals surface area contributed by atoms with E-state index in [4.69, 9.17) is 0 Å². The molecular formula is C13H10BrNO3S. The first kappa shape index (κ1) is 14.0. The summed E-state index contributed by atoms with van der Waals surface area (Å²) in [6.45, 7) is -0.156. The Morgan fingerprint density at radius 3 is 2.89 bits per heavy atom. The normalized spacial score (nSPS) is 11.1. The number of halogens is 1. The van der Waals surface area contributed by atoms with Gasteiger partial charge >= 0.3 is 0 Å². The number of hydrogen-bond acceptors (Lipinski definition) is 4. The van der Waals surface area contributed by atoms with Gasteiger partial charge in [0.25, 0.3) is 10.1 Å². The fourth-order valence-electron chi connectivity index (χ4n) is 1.50. The van der Waals surface area contributed by atoms with Crippen molar-refractivity contribution >= 4 is 37.0 Å². The molecule has 19 heavy (non-hydrogen) atoms. The van der Waals surface area contributed by atoms with Gasteiger partial charge in [-0.05, 0) is 24.3 Å². The van der Waals surface area contributed by atoms with Gasteiger partial charge in [0.2, 0.25) is 0 Å². The van der Waals surface area contributed by atoms with Crippen LogP contribution in [-0.2, 0) is 14.3 Å². The molecule has 2 aromatic rings. The van der Waals surface area contributed by atoms with Crippen LogP contribution in [0.25, 0.3) is 10.9 Å². The number of aromatic nitrogens is 1. The third kappa shape index (κ3) is 4.03. The quantitative estimate of drug-likeness (QED) is 0.622. The SMILES string of the molecule is CS(=O)(=O)OCC#Cc1ccnc2ccc(Br)cc12. The second kappa shape index (κ2) is 5.70. The lowest BCUT2D eigenvalue weighted by atomic mass is 10.1. The molecule has 0 N–H and O–H groups in total. The van der Waals surface area contributed by atoms with E-state index in [1.165, 1.54) is 0 Å². The van der Waals surface area contributed by atoms with E-state index in [2.05, 4.69) is 36.9 Å². The fourth-order valence-corrected chi connectivity index (χ4v) is 2.13. The average Bonchev–Trinajstić information content (AvgIpc) is 2.33. The lowest BCUT2D eigenvalue weighted by molar-refractivity contribution is 0.368. The van der Waals surface area contributed by atoms with Crippen molar-refractivity contribution in [2.24, 2.45) is 0 Å². The van der Waals surface area contributed by atoms with Crippen molar-refractivity contribution in [3.05, 3.63) is 40.5 Å². The van der Waals surface area contributed by atoms with E-state index < -0.39 is 10.1 Å². The van der Waals surface area contributed by atoms with Crippen molar-refractivity contribution < 1.29 is 12.6 Å². The Morgan fingerprint density at radius 1 is 1.37 bits per heavy atom. The lowest BCUT2D eigenvalue weighted by Crippen LogP contribution is -2.02. The molecule has 0 bridgehead atoms. The van der Waals surface area contributed by atoms with E-state index in [1.54, 1.807) is 12.3 Å². The molecule has 0 aliphatic heterocycles. The molecule has 0 amide bonds. The summed E-state index contributed by atoms with van der Waals surface area (Å²) >= 11 is 3.39. The first-order valence-electron chi connectivity index (χ1n) is 5.33. The number of hydrogen-bond donors (Lipinski definition) is 0. The third-order valence-electron chi connectivity index (χ3n) is 2.27. The maximum absolute atomic E-state index is 10.8. The van der Waals surface area contributed by atoms with E-state index in [0.717, 1.165) is 27.2 Å². The van der Waals surface area contributed by atoms with Gasteiger partial charge in [-0.3, -0.25) is 9.17 Å². The van der Waals surface area contributed by atoms with Crippen LogP contribution < -0.4 is 0 Å². The largest absolute Gasteiger partial charge is 0.265 e. The zero-order chi connectivity index (χ0) is 13.9. The van der Waals surface area contributed by atoms with Crippen LogP contribution in [0.5, 0.6) is 0 Å². The second-order valence-electron chi connectivity index (χ2n) is 3.79. The number of benzene rings is 1. The van der Waals surface area contributed by atoms with Crippen molar-refractivity contribution in [2.75, 3.05) is 12.9 Å². The van der Waals surface area contributed by atoms with Gasteiger partial charge < -0.3 is 0 Å². The highest BCUT2D eigenvalue weighted by molar-refractivity contribution is 9.10. The molecule has 98 valence electrons. The van der Waals surface area contributed by atoms with Crippen LogP contribution in [0.4, 0.5) is 0 Å². The second-order valence-corrected chi connectivity index (χ2v) is 6.35. The van der Waals surface area contributed by atoms with E-state index in [-0.39, 0.29) is 6.61 Å². The van der Waals surface area contributed by atoms with Crippen molar-refractivity contribution in [3.8, 4) is 11.8 Å². The van der Waals surface area contributed by atoms with Crippen LogP contribution in [0.2, 0.25) is 0 Å². The minimum absolute atomic E-state index is 0.156. The van der Waals surface area contributed by atoms with Crippen LogP contribution in [0.1, 0.15) is 5.56 Å². The highest BCUT2D eigenvalue weighted by Gasteiger charge is 2.01. The van der Waals surface area contributed by atoms with Crippen LogP contribution in [0.3, 0.4) is 0 Å². The summed E-state index contributed by atoms with van der Waals surface area (Å²) < 4.78 is 27.1. The topological polar surface area (TPSA) is 56.3 Å². The smallest absolute Gasteiger partial charge is 0.257 e. The van der Waals surface area contributed by atoms with Gasteiger partial charge in [-0.2, -0.15) is 8.42 Å². The summed E-state index contributed by atoms with van der Waals surface area (Å²) in [6.07, 6.45) is 2.66. The van der Waals surface area contributed by atoms with Gasteiger partial charge in [0.1, 0.15) is 6.61 Å². The predicted octanol–water partition coefficient (Wildman–Crippen LogP) is 2.33. The first-order chi connectivity index (χ1) is 8.96. The van der Waals surface area contributed by atoms with Crippen molar-refractivity contribution in [1.82, 2.24) is 4.98 Å². The summed E-state index contributed by atoms with van der Waals surface area (Å²) in [5.41, 5.74) is 1.61. The number of nitrogens with zero attached hydrogens (tertiary/aromatic N) is 1. The zero-order valence-electron chi connectivity index (χ0n) is 10.1.